The number of hydrogen-bond donors (Lipinski definition) is 1. The van der Waals surface area contributed by atoms with Gasteiger partial charge in [0.2, 0.25) is 23.6 Å². The highest BCUT2D eigenvalue weighted by Crippen LogP contribution is 2.65. The Morgan fingerprint density at radius 1 is 0.878 bits per heavy atom. The molecule has 0 aromatic heterocycles. The molecule has 3 fully saturated rings. The number of fused-ring (bicyclic) bond motifs is 4. The standard InChI is InChI=1S/C37H32ClF3N2O6/c1-35(2,3)43-31(45)24-14-13-23-25(29(24)33(43)47)18-27-32(46)42(21-11-7-10-20(38)16-21)34(48)36(27,19-8-5-4-6-9-19)30(23)26-17-22(12-15-28(26)44)49-37(39,40)41/h4-13,15-17,24-25,27,29-30,44H,14,18H2,1-3H3. The first-order valence-corrected chi connectivity index (χ1v) is 16.3. The zero-order valence-corrected chi connectivity index (χ0v) is 27.5. The van der Waals surface area contributed by atoms with Crippen LogP contribution in [0.1, 0.15) is 50.7 Å². The molecule has 2 aliphatic heterocycles. The van der Waals surface area contributed by atoms with Crippen molar-refractivity contribution in [3.05, 3.63) is 101 Å². The van der Waals surface area contributed by atoms with Gasteiger partial charge in [0.25, 0.3) is 0 Å². The largest absolute Gasteiger partial charge is 0.573 e. The highest BCUT2D eigenvalue weighted by Gasteiger charge is 2.70. The monoisotopic (exact) mass is 692 g/mol. The summed E-state index contributed by atoms with van der Waals surface area (Å²) < 4.78 is 44.8. The fraction of sp³-hybridized carbons (Fsp3) is 0.351. The van der Waals surface area contributed by atoms with Crippen LogP contribution in [0.25, 0.3) is 0 Å². The number of nitrogens with zero attached hydrogens (tertiary/aromatic N) is 2. The lowest BCUT2D eigenvalue weighted by atomic mass is 9.49. The van der Waals surface area contributed by atoms with E-state index in [4.69, 9.17) is 11.6 Å². The molecule has 254 valence electrons. The van der Waals surface area contributed by atoms with Gasteiger partial charge in [-0.3, -0.25) is 24.1 Å². The van der Waals surface area contributed by atoms with Crippen LogP contribution in [-0.2, 0) is 24.6 Å². The molecule has 1 N–H and O–H groups in total. The molecule has 2 heterocycles. The summed E-state index contributed by atoms with van der Waals surface area (Å²) >= 11 is 6.31. The summed E-state index contributed by atoms with van der Waals surface area (Å²) in [6, 6.07) is 17.7. The quantitative estimate of drug-likeness (QED) is 0.236. The minimum Gasteiger partial charge on any atom is -0.508 e. The number of phenolic OH excluding ortho intramolecular Hbond substituents is 1. The first-order chi connectivity index (χ1) is 23.1. The van der Waals surface area contributed by atoms with Gasteiger partial charge >= 0.3 is 6.36 Å². The summed E-state index contributed by atoms with van der Waals surface area (Å²) in [5.74, 6) is -7.81. The second-order valence-electron chi connectivity index (χ2n) is 14.0. The predicted octanol–water partition coefficient (Wildman–Crippen LogP) is 6.91. The van der Waals surface area contributed by atoms with Crippen LogP contribution in [0.4, 0.5) is 18.9 Å². The van der Waals surface area contributed by atoms with Crippen molar-refractivity contribution in [3.8, 4) is 11.5 Å². The van der Waals surface area contributed by atoms with E-state index < -0.39 is 76.1 Å². The van der Waals surface area contributed by atoms with Crippen LogP contribution in [0.15, 0.2) is 84.4 Å². The van der Waals surface area contributed by atoms with Gasteiger partial charge in [-0.15, -0.1) is 13.2 Å². The van der Waals surface area contributed by atoms with Crippen LogP contribution in [0.3, 0.4) is 0 Å². The minimum absolute atomic E-state index is 0.00343. The first kappa shape index (κ1) is 32.9. The van der Waals surface area contributed by atoms with Gasteiger partial charge in [0, 0.05) is 22.0 Å². The van der Waals surface area contributed by atoms with Crippen molar-refractivity contribution in [2.24, 2.45) is 23.7 Å². The van der Waals surface area contributed by atoms with Gasteiger partial charge in [0.05, 0.1) is 28.9 Å². The van der Waals surface area contributed by atoms with E-state index >= 15 is 4.79 Å². The zero-order chi connectivity index (χ0) is 35.2. The number of aromatic hydroxyl groups is 1. The lowest BCUT2D eigenvalue weighted by molar-refractivity contribution is -0.274. The van der Waals surface area contributed by atoms with E-state index in [1.54, 1.807) is 75.4 Å². The number of amides is 4. The van der Waals surface area contributed by atoms with Crippen LogP contribution in [-0.4, -0.2) is 45.5 Å². The molecule has 7 rings (SSSR count). The minimum atomic E-state index is -5.06. The maximum atomic E-state index is 15.2. The molecule has 0 radical (unpaired) electrons. The van der Waals surface area contributed by atoms with Crippen LogP contribution < -0.4 is 9.64 Å². The first-order valence-electron chi connectivity index (χ1n) is 15.9. The number of imide groups is 2. The molecule has 6 unspecified atom stereocenters. The van der Waals surface area contributed by atoms with Gasteiger partial charge in [0.1, 0.15) is 11.5 Å². The number of alkyl halides is 3. The predicted molar refractivity (Wildman–Crippen MR) is 172 cm³/mol. The highest BCUT2D eigenvalue weighted by atomic mass is 35.5. The summed E-state index contributed by atoms with van der Waals surface area (Å²) in [5, 5.41) is 11.7. The van der Waals surface area contributed by atoms with Gasteiger partial charge < -0.3 is 9.84 Å². The van der Waals surface area contributed by atoms with Crippen molar-refractivity contribution in [3.63, 3.8) is 0 Å². The third-order valence-corrected chi connectivity index (χ3v) is 10.6. The number of anilines is 1. The van der Waals surface area contributed by atoms with Gasteiger partial charge in [-0.1, -0.05) is 59.6 Å². The number of carbonyl (C=O) groups excluding carboxylic acids is 4. The SMILES string of the molecule is CC(C)(C)N1C(=O)C2CC=C3C(CC4C(=O)N(c5cccc(Cl)c5)C(=O)C4(c4ccccc4)C3c3cc(OC(F)(F)F)ccc3O)C2C1=O. The number of phenols is 1. The van der Waals surface area contributed by atoms with Crippen molar-refractivity contribution in [1.82, 2.24) is 4.90 Å². The lowest BCUT2D eigenvalue weighted by Gasteiger charge is -2.50. The van der Waals surface area contributed by atoms with E-state index in [0.29, 0.717) is 11.1 Å². The molecular weight excluding hydrogens is 661 g/mol. The van der Waals surface area contributed by atoms with E-state index in [2.05, 4.69) is 4.74 Å². The molecule has 0 bridgehead atoms. The van der Waals surface area contributed by atoms with Crippen molar-refractivity contribution < 1.29 is 42.2 Å². The van der Waals surface area contributed by atoms with Crippen LogP contribution in [0.5, 0.6) is 11.5 Å². The number of carbonyl (C=O) groups is 4. The fourth-order valence-corrected chi connectivity index (χ4v) is 8.89. The molecular formula is C37H32ClF3N2O6. The van der Waals surface area contributed by atoms with Crippen LogP contribution in [0, 0.1) is 23.7 Å². The Bertz CT molecular complexity index is 1940. The van der Waals surface area contributed by atoms with Crippen LogP contribution in [0.2, 0.25) is 5.02 Å². The van der Waals surface area contributed by atoms with E-state index in [1.165, 1.54) is 11.0 Å². The second-order valence-corrected chi connectivity index (χ2v) is 14.5. The Balaban J connectivity index is 1.51. The summed E-state index contributed by atoms with van der Waals surface area (Å²) in [6.07, 6.45) is -3.17. The molecule has 4 amide bonds. The topological polar surface area (TPSA) is 104 Å². The smallest absolute Gasteiger partial charge is 0.508 e. The van der Waals surface area contributed by atoms with Crippen molar-refractivity contribution in [2.75, 3.05) is 4.90 Å². The van der Waals surface area contributed by atoms with E-state index in [9.17, 15) is 32.7 Å². The molecule has 0 spiro atoms. The van der Waals surface area contributed by atoms with Gasteiger partial charge in [0.15, 0.2) is 0 Å². The molecule has 3 aromatic carbocycles. The molecule has 2 saturated heterocycles. The Labute approximate surface area is 285 Å². The summed E-state index contributed by atoms with van der Waals surface area (Å²) in [4.78, 5) is 60.2. The summed E-state index contributed by atoms with van der Waals surface area (Å²) in [7, 11) is 0. The molecule has 8 nitrogen and oxygen atoms in total. The molecule has 1 saturated carbocycles. The van der Waals surface area contributed by atoms with Gasteiger partial charge in [-0.25, -0.2) is 4.90 Å². The molecule has 6 atom stereocenters. The van der Waals surface area contributed by atoms with E-state index in [1.807, 2.05) is 0 Å². The fourth-order valence-electron chi connectivity index (χ4n) is 8.71. The maximum Gasteiger partial charge on any atom is 0.573 e. The maximum absolute atomic E-state index is 15.2. The second kappa shape index (κ2) is 11.2. The molecule has 3 aromatic rings. The van der Waals surface area contributed by atoms with Gasteiger partial charge in [-0.05, 0) is 81.5 Å². The average Bonchev–Trinajstić information content (AvgIpc) is 3.42. The van der Waals surface area contributed by atoms with E-state index in [0.717, 1.165) is 23.1 Å². The number of allylic oxidation sites excluding steroid dienone is 2. The average molecular weight is 693 g/mol. The van der Waals surface area contributed by atoms with Crippen molar-refractivity contribution in [1.29, 1.82) is 0 Å². The Morgan fingerprint density at radius 3 is 2.24 bits per heavy atom. The Morgan fingerprint density at radius 2 is 1.59 bits per heavy atom. The summed E-state index contributed by atoms with van der Waals surface area (Å²) in [6.45, 7) is 5.26. The van der Waals surface area contributed by atoms with Crippen molar-refractivity contribution >= 4 is 40.9 Å². The van der Waals surface area contributed by atoms with Crippen molar-refractivity contribution in [2.45, 2.75) is 56.8 Å². The lowest BCUT2D eigenvalue weighted by Crippen LogP contribution is -2.53. The number of rotatable bonds is 4. The number of ether oxygens (including phenoxy) is 1. The molecule has 4 aliphatic rings. The molecule has 2 aliphatic carbocycles. The third kappa shape index (κ3) is 4.95. The normalized spacial score (nSPS) is 28.3. The van der Waals surface area contributed by atoms with E-state index in [-0.39, 0.29) is 35.0 Å². The number of likely N-dealkylation sites (tertiary alicyclic amines) is 1. The number of hydrogen-bond acceptors (Lipinski definition) is 6. The third-order valence-electron chi connectivity index (χ3n) is 10.4. The van der Waals surface area contributed by atoms with Gasteiger partial charge in [-0.2, -0.15) is 0 Å². The molecule has 12 heteroatoms. The Kier molecular flexibility index (Phi) is 7.51. The van der Waals surface area contributed by atoms with Crippen LogP contribution >= 0.6 is 11.6 Å². The molecule has 49 heavy (non-hydrogen) atoms. The number of halogens is 4. The summed E-state index contributed by atoms with van der Waals surface area (Å²) in [5.41, 5.74) is -1.60. The zero-order valence-electron chi connectivity index (χ0n) is 26.7. The highest BCUT2D eigenvalue weighted by molar-refractivity contribution is 6.32. The Hall–Kier alpha value is -4.64. The number of benzene rings is 3.